The lowest BCUT2D eigenvalue weighted by Crippen LogP contribution is -2.02. The number of hydrogen-bond acceptors (Lipinski definition) is 1. The highest BCUT2D eigenvalue weighted by Crippen LogP contribution is 2.16. The van der Waals surface area contributed by atoms with E-state index in [-0.39, 0.29) is 5.78 Å². The third kappa shape index (κ3) is 2.36. The number of carbonyl (C=O) groups excluding carboxylic acids is 1. The Hall–Kier alpha value is -0.820. The van der Waals surface area contributed by atoms with Crippen LogP contribution in [0.1, 0.15) is 33.5 Å². The minimum atomic E-state index is 0.131. The first-order valence-corrected chi connectivity index (χ1v) is 5.26. The second kappa shape index (κ2) is 4.61. The van der Waals surface area contributed by atoms with Crippen LogP contribution in [0.15, 0.2) is 12.1 Å². The molecule has 1 aromatic rings. The molecular weight excluding hydrogens is 196 g/mol. The van der Waals surface area contributed by atoms with Crippen molar-refractivity contribution in [2.24, 2.45) is 0 Å². The van der Waals surface area contributed by atoms with Gasteiger partial charge in [0, 0.05) is 17.9 Å². The Labute approximate surface area is 90.1 Å². The van der Waals surface area contributed by atoms with Crippen molar-refractivity contribution < 1.29 is 4.79 Å². The van der Waals surface area contributed by atoms with Crippen LogP contribution < -0.4 is 0 Å². The van der Waals surface area contributed by atoms with Gasteiger partial charge in [-0.15, -0.1) is 11.6 Å². The third-order valence-electron chi connectivity index (χ3n) is 2.57. The van der Waals surface area contributed by atoms with Crippen molar-refractivity contribution in [3.63, 3.8) is 0 Å². The van der Waals surface area contributed by atoms with Gasteiger partial charge in [0.05, 0.1) is 0 Å². The molecule has 14 heavy (non-hydrogen) atoms. The zero-order valence-electron chi connectivity index (χ0n) is 8.86. The van der Waals surface area contributed by atoms with E-state index in [2.05, 4.69) is 6.92 Å². The first-order chi connectivity index (χ1) is 6.56. The fraction of sp³-hybridized carbons (Fsp3) is 0.417. The van der Waals surface area contributed by atoms with Crippen LogP contribution in [0.2, 0.25) is 0 Å². The Morgan fingerprint density at radius 1 is 1.21 bits per heavy atom. The Bertz CT molecular complexity index is 332. The van der Waals surface area contributed by atoms with Crippen LogP contribution in [0.4, 0.5) is 0 Å². The molecule has 1 nitrogen and oxygen atoms in total. The summed E-state index contributed by atoms with van der Waals surface area (Å²) in [5.74, 6) is 0.524. The van der Waals surface area contributed by atoms with Crippen LogP contribution in [0, 0.1) is 20.8 Å². The van der Waals surface area contributed by atoms with Gasteiger partial charge in [-0.3, -0.25) is 4.79 Å². The third-order valence-corrected chi connectivity index (χ3v) is 2.76. The van der Waals surface area contributed by atoms with Crippen LogP contribution in [0.25, 0.3) is 0 Å². The van der Waals surface area contributed by atoms with Gasteiger partial charge in [0.2, 0.25) is 0 Å². The van der Waals surface area contributed by atoms with Crippen molar-refractivity contribution >= 4 is 17.4 Å². The van der Waals surface area contributed by atoms with Crippen molar-refractivity contribution in [2.45, 2.75) is 27.2 Å². The molecule has 1 rings (SSSR count). The molecule has 0 aliphatic heterocycles. The minimum Gasteiger partial charge on any atom is -0.294 e. The number of hydrogen-bond donors (Lipinski definition) is 0. The SMILES string of the molecule is Cc1cc(C(=O)CCCl)cc(C)c1C. The van der Waals surface area contributed by atoms with Gasteiger partial charge >= 0.3 is 0 Å². The summed E-state index contributed by atoms with van der Waals surface area (Å²) < 4.78 is 0. The van der Waals surface area contributed by atoms with Crippen molar-refractivity contribution in [3.05, 3.63) is 34.4 Å². The van der Waals surface area contributed by atoms with Gasteiger partial charge in [0.15, 0.2) is 5.78 Å². The molecular formula is C12H15ClO. The quantitative estimate of drug-likeness (QED) is 0.552. The summed E-state index contributed by atoms with van der Waals surface area (Å²) in [6.07, 6.45) is 0.420. The average molecular weight is 211 g/mol. The summed E-state index contributed by atoms with van der Waals surface area (Å²) >= 11 is 5.54. The van der Waals surface area contributed by atoms with E-state index in [4.69, 9.17) is 11.6 Å². The van der Waals surface area contributed by atoms with Gasteiger partial charge < -0.3 is 0 Å². The Morgan fingerprint density at radius 3 is 2.14 bits per heavy atom. The van der Waals surface area contributed by atoms with E-state index in [9.17, 15) is 4.79 Å². The predicted molar refractivity (Wildman–Crippen MR) is 60.3 cm³/mol. The molecule has 0 N–H and O–H groups in total. The molecule has 0 atom stereocenters. The van der Waals surface area contributed by atoms with Gasteiger partial charge in [0.25, 0.3) is 0 Å². The van der Waals surface area contributed by atoms with E-state index in [1.165, 1.54) is 16.7 Å². The zero-order valence-corrected chi connectivity index (χ0v) is 9.61. The van der Waals surface area contributed by atoms with E-state index in [1.54, 1.807) is 0 Å². The lowest BCUT2D eigenvalue weighted by Gasteiger charge is -2.07. The van der Waals surface area contributed by atoms with E-state index < -0.39 is 0 Å². The summed E-state index contributed by atoms with van der Waals surface area (Å²) in [7, 11) is 0. The summed E-state index contributed by atoms with van der Waals surface area (Å²) in [5.41, 5.74) is 4.38. The van der Waals surface area contributed by atoms with E-state index in [0.29, 0.717) is 12.3 Å². The number of halogens is 1. The molecule has 0 aliphatic carbocycles. The van der Waals surface area contributed by atoms with Crippen LogP contribution in [-0.2, 0) is 0 Å². The zero-order chi connectivity index (χ0) is 10.7. The maximum absolute atomic E-state index is 11.6. The lowest BCUT2D eigenvalue weighted by molar-refractivity contribution is 0.0989. The average Bonchev–Trinajstić information content (AvgIpc) is 2.13. The molecule has 0 fully saturated rings. The van der Waals surface area contributed by atoms with E-state index in [1.807, 2.05) is 26.0 Å². The van der Waals surface area contributed by atoms with Crippen molar-refractivity contribution in [2.75, 3.05) is 5.88 Å². The highest BCUT2D eigenvalue weighted by molar-refractivity contribution is 6.19. The van der Waals surface area contributed by atoms with Gasteiger partial charge in [0.1, 0.15) is 0 Å². The molecule has 0 amide bonds. The topological polar surface area (TPSA) is 17.1 Å². The maximum Gasteiger partial charge on any atom is 0.164 e. The smallest absolute Gasteiger partial charge is 0.164 e. The molecule has 0 heterocycles. The van der Waals surface area contributed by atoms with Crippen LogP contribution >= 0.6 is 11.6 Å². The highest BCUT2D eigenvalue weighted by atomic mass is 35.5. The van der Waals surface area contributed by atoms with E-state index >= 15 is 0 Å². The first kappa shape index (κ1) is 11.3. The van der Waals surface area contributed by atoms with Crippen molar-refractivity contribution in [1.29, 1.82) is 0 Å². The molecule has 2 heteroatoms. The molecule has 0 unspecified atom stereocenters. The Balaban J connectivity index is 3.06. The summed E-state index contributed by atoms with van der Waals surface area (Å²) in [6, 6.07) is 3.88. The fourth-order valence-corrected chi connectivity index (χ4v) is 1.60. The molecule has 0 aliphatic rings. The minimum absolute atomic E-state index is 0.131. The second-order valence-electron chi connectivity index (χ2n) is 3.60. The molecule has 0 bridgehead atoms. The number of rotatable bonds is 3. The largest absolute Gasteiger partial charge is 0.294 e. The van der Waals surface area contributed by atoms with Crippen molar-refractivity contribution in [3.8, 4) is 0 Å². The number of carbonyl (C=O) groups is 1. The first-order valence-electron chi connectivity index (χ1n) is 4.73. The number of aryl methyl sites for hydroxylation is 2. The summed E-state index contributed by atoms with van der Waals surface area (Å²) in [5, 5.41) is 0. The molecule has 0 spiro atoms. The Morgan fingerprint density at radius 2 is 1.71 bits per heavy atom. The van der Waals surface area contributed by atoms with Crippen molar-refractivity contribution in [1.82, 2.24) is 0 Å². The standard InChI is InChI=1S/C12H15ClO/c1-8-6-11(12(14)4-5-13)7-9(2)10(8)3/h6-7H,4-5H2,1-3H3. The fourth-order valence-electron chi connectivity index (χ4n) is 1.43. The Kier molecular flexibility index (Phi) is 3.70. The molecule has 0 radical (unpaired) electrons. The van der Waals surface area contributed by atoms with E-state index in [0.717, 1.165) is 5.56 Å². The monoisotopic (exact) mass is 210 g/mol. The molecule has 76 valence electrons. The van der Waals surface area contributed by atoms with Gasteiger partial charge in [-0.25, -0.2) is 0 Å². The van der Waals surface area contributed by atoms with Gasteiger partial charge in [-0.1, -0.05) is 0 Å². The van der Waals surface area contributed by atoms with Crippen LogP contribution in [0.5, 0.6) is 0 Å². The van der Waals surface area contributed by atoms with Gasteiger partial charge in [-0.05, 0) is 49.6 Å². The molecule has 1 aromatic carbocycles. The second-order valence-corrected chi connectivity index (χ2v) is 3.98. The predicted octanol–water partition coefficient (Wildman–Crippen LogP) is 3.42. The molecule has 0 saturated carbocycles. The lowest BCUT2D eigenvalue weighted by atomic mass is 9.98. The number of ketones is 1. The summed E-state index contributed by atoms with van der Waals surface area (Å²) in [4.78, 5) is 11.6. The summed E-state index contributed by atoms with van der Waals surface area (Å²) in [6.45, 7) is 6.13. The number of Topliss-reactive ketones (excluding diaryl/α,β-unsaturated/α-hetero) is 1. The molecule has 0 saturated heterocycles. The maximum atomic E-state index is 11.6. The normalized spacial score (nSPS) is 10.3. The molecule has 0 aromatic heterocycles. The van der Waals surface area contributed by atoms with Crippen LogP contribution in [0.3, 0.4) is 0 Å². The van der Waals surface area contributed by atoms with Gasteiger partial charge in [-0.2, -0.15) is 0 Å². The number of alkyl halides is 1. The van der Waals surface area contributed by atoms with Crippen LogP contribution in [-0.4, -0.2) is 11.7 Å². The number of benzene rings is 1. The highest BCUT2D eigenvalue weighted by Gasteiger charge is 2.07.